The van der Waals surface area contributed by atoms with Gasteiger partial charge in [0.15, 0.2) is 0 Å². The minimum Gasteiger partial charge on any atom is -0.359 e. The van der Waals surface area contributed by atoms with Gasteiger partial charge in [-0.3, -0.25) is 0 Å². The SMILES string of the molecule is Cc1ccc2c(c1)-c1cc(C)nn1C(c1cc(C)n(-c3cccc(Cl)c3Cl)c1C)N2. The maximum atomic E-state index is 6.55. The zero-order chi connectivity index (χ0) is 21.2. The quantitative estimate of drug-likeness (QED) is 0.372. The minimum atomic E-state index is -0.109. The third-order valence-electron chi connectivity index (χ3n) is 5.78. The van der Waals surface area contributed by atoms with E-state index in [0.29, 0.717) is 10.0 Å². The van der Waals surface area contributed by atoms with Crippen LogP contribution < -0.4 is 5.32 Å². The van der Waals surface area contributed by atoms with Crippen LogP contribution in [0, 0.1) is 27.7 Å². The fourth-order valence-electron chi connectivity index (χ4n) is 4.43. The van der Waals surface area contributed by atoms with Crippen molar-refractivity contribution < 1.29 is 0 Å². The number of nitrogens with zero attached hydrogens (tertiary/aromatic N) is 3. The molecule has 1 aliphatic rings. The molecule has 30 heavy (non-hydrogen) atoms. The Kier molecular flexibility index (Phi) is 4.46. The van der Waals surface area contributed by atoms with Crippen molar-refractivity contribution in [3.8, 4) is 16.9 Å². The molecule has 0 amide bonds. The number of benzene rings is 2. The lowest BCUT2D eigenvalue weighted by Gasteiger charge is -2.29. The van der Waals surface area contributed by atoms with E-state index in [4.69, 9.17) is 28.3 Å². The molecule has 0 saturated heterocycles. The van der Waals surface area contributed by atoms with Crippen molar-refractivity contribution in [3.05, 3.63) is 86.8 Å². The topological polar surface area (TPSA) is 34.8 Å². The van der Waals surface area contributed by atoms with Gasteiger partial charge in [0.2, 0.25) is 0 Å². The molecule has 1 N–H and O–H groups in total. The van der Waals surface area contributed by atoms with E-state index in [0.717, 1.165) is 39.7 Å². The monoisotopic (exact) mass is 436 g/mol. The van der Waals surface area contributed by atoms with E-state index in [-0.39, 0.29) is 6.17 Å². The van der Waals surface area contributed by atoms with Crippen LogP contribution >= 0.6 is 23.2 Å². The lowest BCUT2D eigenvalue weighted by atomic mass is 10.0. The van der Waals surface area contributed by atoms with Gasteiger partial charge in [-0.15, -0.1) is 0 Å². The number of hydrogen-bond acceptors (Lipinski definition) is 2. The number of aromatic nitrogens is 3. The molecular formula is C24H22Cl2N4. The van der Waals surface area contributed by atoms with Crippen molar-refractivity contribution in [3.63, 3.8) is 0 Å². The Hall–Kier alpha value is -2.69. The fourth-order valence-corrected chi connectivity index (χ4v) is 4.81. The van der Waals surface area contributed by atoms with Crippen LogP contribution in [0.5, 0.6) is 0 Å². The van der Waals surface area contributed by atoms with Gasteiger partial charge in [0, 0.05) is 28.2 Å². The molecule has 0 fully saturated rings. The Morgan fingerprint density at radius 2 is 1.77 bits per heavy atom. The molecule has 0 aliphatic carbocycles. The molecule has 1 atom stereocenters. The molecule has 0 spiro atoms. The zero-order valence-corrected chi connectivity index (χ0v) is 18.8. The summed E-state index contributed by atoms with van der Waals surface area (Å²) in [7, 11) is 0. The molecule has 5 rings (SSSR count). The second kappa shape index (κ2) is 6.93. The maximum absolute atomic E-state index is 6.55. The average Bonchev–Trinajstić information content (AvgIpc) is 3.23. The summed E-state index contributed by atoms with van der Waals surface area (Å²) in [5, 5.41) is 9.62. The number of hydrogen-bond donors (Lipinski definition) is 1. The van der Waals surface area contributed by atoms with Gasteiger partial charge in [0.05, 0.1) is 27.1 Å². The van der Waals surface area contributed by atoms with E-state index in [9.17, 15) is 0 Å². The summed E-state index contributed by atoms with van der Waals surface area (Å²) in [6.45, 7) is 8.35. The second-order valence-electron chi connectivity index (χ2n) is 7.95. The van der Waals surface area contributed by atoms with E-state index in [1.54, 1.807) is 0 Å². The standard InChI is InChI=1S/C24H22Cl2N4/c1-13-8-9-20-18(10-13)22-11-14(2)28-30(22)24(27-20)17-12-15(3)29(16(17)4)21-7-5-6-19(25)23(21)26/h5-12,24,27H,1-4H3. The highest BCUT2D eigenvalue weighted by Gasteiger charge is 2.29. The summed E-state index contributed by atoms with van der Waals surface area (Å²) in [6, 6.07) is 16.6. The van der Waals surface area contributed by atoms with Gasteiger partial charge in [0.25, 0.3) is 0 Å². The summed E-state index contributed by atoms with van der Waals surface area (Å²) in [4.78, 5) is 0. The Balaban J connectivity index is 1.69. The Morgan fingerprint density at radius 1 is 0.967 bits per heavy atom. The first kappa shape index (κ1) is 19.3. The summed E-state index contributed by atoms with van der Waals surface area (Å²) in [5.74, 6) is 0. The van der Waals surface area contributed by atoms with Crippen LogP contribution in [0.4, 0.5) is 5.69 Å². The normalized spacial score (nSPS) is 14.9. The summed E-state index contributed by atoms with van der Waals surface area (Å²) >= 11 is 12.8. The lowest BCUT2D eigenvalue weighted by molar-refractivity contribution is 0.568. The van der Waals surface area contributed by atoms with Crippen molar-refractivity contribution >= 4 is 28.9 Å². The molecule has 0 radical (unpaired) electrons. The fraction of sp³-hybridized carbons (Fsp3) is 0.208. The van der Waals surface area contributed by atoms with Gasteiger partial charge in [-0.25, -0.2) is 4.68 Å². The minimum absolute atomic E-state index is 0.109. The highest BCUT2D eigenvalue weighted by atomic mass is 35.5. The summed E-state index contributed by atoms with van der Waals surface area (Å²) in [5.41, 5.74) is 9.87. The first-order valence-electron chi connectivity index (χ1n) is 9.92. The van der Waals surface area contributed by atoms with Crippen molar-refractivity contribution in [1.29, 1.82) is 0 Å². The third-order valence-corrected chi connectivity index (χ3v) is 6.59. The summed E-state index contributed by atoms with van der Waals surface area (Å²) in [6.07, 6.45) is -0.109. The maximum Gasteiger partial charge on any atom is 0.149 e. The van der Waals surface area contributed by atoms with Gasteiger partial charge in [-0.1, -0.05) is 40.9 Å². The first-order chi connectivity index (χ1) is 14.3. The molecule has 3 heterocycles. The van der Waals surface area contributed by atoms with E-state index < -0.39 is 0 Å². The number of aryl methyl sites for hydroxylation is 3. The van der Waals surface area contributed by atoms with Gasteiger partial charge in [0.1, 0.15) is 6.17 Å². The molecule has 6 heteroatoms. The molecule has 1 aliphatic heterocycles. The molecule has 0 saturated carbocycles. The predicted octanol–water partition coefficient (Wildman–Crippen LogP) is 6.85. The van der Waals surface area contributed by atoms with E-state index in [1.165, 1.54) is 11.1 Å². The highest BCUT2D eigenvalue weighted by Crippen LogP contribution is 2.41. The van der Waals surface area contributed by atoms with Gasteiger partial charge in [-0.05, 0) is 64.1 Å². The molecule has 0 bridgehead atoms. The predicted molar refractivity (Wildman–Crippen MR) is 124 cm³/mol. The van der Waals surface area contributed by atoms with Crippen LogP contribution in [0.25, 0.3) is 16.9 Å². The lowest BCUT2D eigenvalue weighted by Crippen LogP contribution is -2.26. The number of halogens is 2. The number of anilines is 1. The van der Waals surface area contributed by atoms with Crippen LogP contribution in [-0.2, 0) is 0 Å². The largest absolute Gasteiger partial charge is 0.359 e. The van der Waals surface area contributed by atoms with Crippen molar-refractivity contribution in [2.45, 2.75) is 33.9 Å². The third kappa shape index (κ3) is 2.86. The highest BCUT2D eigenvalue weighted by molar-refractivity contribution is 6.43. The van der Waals surface area contributed by atoms with Gasteiger partial charge in [-0.2, -0.15) is 5.10 Å². The zero-order valence-electron chi connectivity index (χ0n) is 17.3. The van der Waals surface area contributed by atoms with Crippen LogP contribution in [0.3, 0.4) is 0 Å². The molecule has 4 nitrogen and oxygen atoms in total. The van der Waals surface area contributed by atoms with Crippen LogP contribution in [0.2, 0.25) is 10.0 Å². The number of nitrogens with one attached hydrogen (secondary N) is 1. The van der Waals surface area contributed by atoms with Gasteiger partial charge >= 0.3 is 0 Å². The smallest absolute Gasteiger partial charge is 0.149 e. The first-order valence-corrected chi connectivity index (χ1v) is 10.7. The molecule has 2 aromatic carbocycles. The molecule has 2 aromatic heterocycles. The van der Waals surface area contributed by atoms with Crippen molar-refractivity contribution in [1.82, 2.24) is 14.3 Å². The molecular weight excluding hydrogens is 415 g/mol. The molecule has 4 aromatic rings. The van der Waals surface area contributed by atoms with Crippen LogP contribution in [0.15, 0.2) is 48.5 Å². The Bertz CT molecular complexity index is 1300. The average molecular weight is 437 g/mol. The number of rotatable bonds is 2. The van der Waals surface area contributed by atoms with Crippen LogP contribution in [-0.4, -0.2) is 14.3 Å². The summed E-state index contributed by atoms with van der Waals surface area (Å²) < 4.78 is 4.24. The van der Waals surface area contributed by atoms with E-state index in [1.807, 2.05) is 25.1 Å². The number of fused-ring (bicyclic) bond motifs is 3. The van der Waals surface area contributed by atoms with Crippen molar-refractivity contribution in [2.24, 2.45) is 0 Å². The Morgan fingerprint density at radius 3 is 2.57 bits per heavy atom. The molecule has 1 unspecified atom stereocenters. The van der Waals surface area contributed by atoms with Crippen molar-refractivity contribution in [2.75, 3.05) is 5.32 Å². The second-order valence-corrected chi connectivity index (χ2v) is 8.73. The van der Waals surface area contributed by atoms with Gasteiger partial charge < -0.3 is 9.88 Å². The molecule has 152 valence electrons. The van der Waals surface area contributed by atoms with E-state index in [2.05, 4.69) is 65.7 Å². The van der Waals surface area contributed by atoms with Crippen LogP contribution in [0.1, 0.15) is 34.4 Å². The Labute approximate surface area is 186 Å². The van der Waals surface area contributed by atoms with E-state index >= 15 is 0 Å².